The topological polar surface area (TPSA) is 78.3 Å². The van der Waals surface area contributed by atoms with Crippen LogP contribution in [0.5, 0.6) is 0 Å². The largest absolute Gasteiger partial charge is 0.416 e. The molecule has 0 aliphatic rings. The molecule has 0 unspecified atom stereocenters. The van der Waals surface area contributed by atoms with Crippen molar-refractivity contribution in [1.29, 1.82) is 10.5 Å². The van der Waals surface area contributed by atoms with Gasteiger partial charge in [0.25, 0.3) is 0 Å². The van der Waals surface area contributed by atoms with E-state index in [4.69, 9.17) is 9.97 Å². The van der Waals surface area contributed by atoms with Gasteiger partial charge in [0.05, 0.1) is 62.5 Å². The first-order valence-corrected chi connectivity index (χ1v) is 20.9. The lowest BCUT2D eigenvalue weighted by Gasteiger charge is -2.22. The Kier molecular flexibility index (Phi) is 10.5. The minimum atomic E-state index is -4.62. The van der Waals surface area contributed by atoms with Crippen molar-refractivity contribution in [2.75, 3.05) is 0 Å². The van der Waals surface area contributed by atoms with E-state index in [1.54, 1.807) is 12.1 Å². The lowest BCUT2D eigenvalue weighted by Crippen LogP contribution is -2.06. The summed E-state index contributed by atoms with van der Waals surface area (Å²) >= 11 is 0. The normalized spacial score (nSPS) is 11.7. The first-order chi connectivity index (χ1) is 32.4. The third-order valence-corrected chi connectivity index (χ3v) is 11.7. The van der Waals surface area contributed by atoms with E-state index in [0.29, 0.717) is 78.4 Å². The Morgan fingerprint density at radius 1 is 0.388 bits per heavy atom. The van der Waals surface area contributed by atoms with Crippen molar-refractivity contribution in [1.82, 2.24) is 14.5 Å². The van der Waals surface area contributed by atoms with E-state index in [2.05, 4.69) is 12.1 Å². The zero-order valence-corrected chi connectivity index (χ0v) is 34.9. The zero-order valence-electron chi connectivity index (χ0n) is 34.9. The lowest BCUT2D eigenvalue weighted by atomic mass is 9.90. The van der Waals surface area contributed by atoms with Gasteiger partial charge < -0.3 is 4.57 Å². The summed E-state index contributed by atoms with van der Waals surface area (Å²) in [5.41, 5.74) is 7.02. The summed E-state index contributed by atoms with van der Waals surface area (Å²) in [6, 6.07) is 56.5. The van der Waals surface area contributed by atoms with Gasteiger partial charge in [0.15, 0.2) is 5.82 Å². The van der Waals surface area contributed by atoms with E-state index in [0.717, 1.165) is 51.7 Å². The molecule has 0 amide bonds. The highest BCUT2D eigenvalue weighted by atomic mass is 19.4. The third kappa shape index (κ3) is 8.04. The monoisotopic (exact) mass is 887 g/mol. The fourth-order valence-corrected chi connectivity index (χ4v) is 8.53. The molecule has 0 N–H and O–H groups in total. The molecule has 0 spiro atoms. The van der Waals surface area contributed by atoms with Crippen LogP contribution in [0.15, 0.2) is 188 Å². The van der Waals surface area contributed by atoms with Crippen LogP contribution in [0.4, 0.5) is 26.3 Å². The summed E-state index contributed by atoms with van der Waals surface area (Å²) in [5.74, 6) is 0.411. The average Bonchev–Trinajstić information content (AvgIpc) is 3.69. The van der Waals surface area contributed by atoms with Crippen LogP contribution in [0.2, 0.25) is 0 Å². The van der Waals surface area contributed by atoms with Crippen LogP contribution in [0, 0.1) is 22.7 Å². The molecule has 8 aromatic carbocycles. The predicted octanol–water partition coefficient (Wildman–Crippen LogP) is 15.4. The number of fused-ring (bicyclic) bond motifs is 3. The van der Waals surface area contributed by atoms with Crippen molar-refractivity contribution in [2.45, 2.75) is 12.4 Å². The van der Waals surface area contributed by atoms with Crippen molar-refractivity contribution >= 4 is 21.8 Å². The minimum Gasteiger partial charge on any atom is -0.308 e. The molecule has 322 valence electrons. The second-order valence-electron chi connectivity index (χ2n) is 15.9. The van der Waals surface area contributed by atoms with Gasteiger partial charge in [-0.05, 0) is 101 Å². The number of para-hydroxylation sites is 1. The average molecular weight is 888 g/mol. The summed E-state index contributed by atoms with van der Waals surface area (Å²) in [7, 11) is 0. The number of rotatable bonds is 7. The Labute approximate surface area is 379 Å². The Hall–Kier alpha value is -8.80. The van der Waals surface area contributed by atoms with Crippen LogP contribution in [-0.2, 0) is 12.4 Å². The molecule has 0 fully saturated rings. The van der Waals surface area contributed by atoms with Crippen LogP contribution < -0.4 is 0 Å². The Balaban J connectivity index is 1.31. The first-order valence-electron chi connectivity index (χ1n) is 20.9. The third-order valence-electron chi connectivity index (χ3n) is 11.7. The molecule has 67 heavy (non-hydrogen) atoms. The van der Waals surface area contributed by atoms with Crippen molar-refractivity contribution in [3.05, 3.63) is 210 Å². The van der Waals surface area contributed by atoms with Crippen molar-refractivity contribution in [3.8, 4) is 85.1 Å². The molecule has 0 bridgehead atoms. The fourth-order valence-electron chi connectivity index (χ4n) is 8.53. The standard InChI is InChI=1S/C56H31F6N5/c57-55(58,59)43-20-15-36(16-21-43)46-29-42(50-31-49(38-9-3-1-4-10-38)65-54(66-50)39-11-5-2-6-12-39)30-47(37-17-22-44(23-18-37)56(60,61)62)53(46)67-51-14-8-7-13-45(51)48-28-40(19-24-52(48)67)41-26-34(32-63)25-35(27-41)33-64/h1-31H. The van der Waals surface area contributed by atoms with Crippen LogP contribution in [0.1, 0.15) is 22.3 Å². The van der Waals surface area contributed by atoms with Crippen molar-refractivity contribution in [2.24, 2.45) is 0 Å². The molecule has 11 heteroatoms. The molecule has 0 radical (unpaired) electrons. The molecular formula is C56H31F6N5. The summed E-state index contributed by atoms with van der Waals surface area (Å²) in [4.78, 5) is 10.0. The number of benzene rings is 8. The van der Waals surface area contributed by atoms with E-state index >= 15 is 0 Å². The summed E-state index contributed by atoms with van der Waals surface area (Å²) in [5, 5.41) is 21.1. The van der Waals surface area contributed by atoms with Gasteiger partial charge in [-0.3, -0.25) is 0 Å². The number of alkyl halides is 6. The van der Waals surface area contributed by atoms with Gasteiger partial charge in [-0.25, -0.2) is 9.97 Å². The van der Waals surface area contributed by atoms with Crippen LogP contribution in [0.3, 0.4) is 0 Å². The highest BCUT2D eigenvalue weighted by Crippen LogP contribution is 2.46. The van der Waals surface area contributed by atoms with Crippen LogP contribution in [-0.4, -0.2) is 14.5 Å². The smallest absolute Gasteiger partial charge is 0.308 e. The second kappa shape index (κ2) is 16.6. The van der Waals surface area contributed by atoms with Gasteiger partial charge in [0.2, 0.25) is 0 Å². The van der Waals surface area contributed by atoms with Gasteiger partial charge in [0.1, 0.15) is 0 Å². The highest BCUT2D eigenvalue weighted by Gasteiger charge is 2.32. The molecule has 5 nitrogen and oxygen atoms in total. The Bertz CT molecular complexity index is 3430. The first kappa shape index (κ1) is 42.2. The number of nitriles is 2. The molecule has 0 atom stereocenters. The van der Waals surface area contributed by atoms with E-state index in [9.17, 15) is 36.9 Å². The van der Waals surface area contributed by atoms with E-state index < -0.39 is 23.5 Å². The SMILES string of the molecule is N#Cc1cc(C#N)cc(-c2ccc3c(c2)c2ccccc2n3-c2c(-c3ccc(C(F)(F)F)cc3)cc(-c3cc(-c4ccccc4)nc(-c4ccccc4)n3)cc2-c2ccc(C(F)(F)F)cc2)c1. The van der Waals surface area contributed by atoms with E-state index in [1.807, 2.05) is 126 Å². The maximum atomic E-state index is 14.1. The zero-order chi connectivity index (χ0) is 46.5. The number of aromatic nitrogens is 3. The van der Waals surface area contributed by atoms with Crippen LogP contribution in [0.25, 0.3) is 94.8 Å². The highest BCUT2D eigenvalue weighted by molar-refractivity contribution is 6.12. The van der Waals surface area contributed by atoms with Gasteiger partial charge in [-0.1, -0.05) is 109 Å². The quantitative estimate of drug-likeness (QED) is 0.149. The van der Waals surface area contributed by atoms with Crippen LogP contribution >= 0.6 is 0 Å². The Morgan fingerprint density at radius 2 is 0.866 bits per heavy atom. The summed E-state index contributed by atoms with van der Waals surface area (Å²) in [6.45, 7) is 0. The fraction of sp³-hybridized carbons (Fsp3) is 0.0357. The summed E-state index contributed by atoms with van der Waals surface area (Å²) < 4.78 is 86.7. The maximum Gasteiger partial charge on any atom is 0.416 e. The summed E-state index contributed by atoms with van der Waals surface area (Å²) in [6.07, 6.45) is -9.24. The Morgan fingerprint density at radius 3 is 1.40 bits per heavy atom. The van der Waals surface area contributed by atoms with Gasteiger partial charge in [-0.2, -0.15) is 36.9 Å². The molecule has 10 aromatic rings. The number of nitrogens with zero attached hydrogens (tertiary/aromatic N) is 5. The number of hydrogen-bond acceptors (Lipinski definition) is 4. The molecule has 0 saturated carbocycles. The van der Waals surface area contributed by atoms with Gasteiger partial charge >= 0.3 is 12.4 Å². The van der Waals surface area contributed by atoms with E-state index in [1.165, 1.54) is 30.3 Å². The molecule has 2 heterocycles. The molecule has 0 aliphatic carbocycles. The van der Waals surface area contributed by atoms with E-state index in [-0.39, 0.29) is 0 Å². The number of hydrogen-bond donors (Lipinski definition) is 0. The molecule has 0 aliphatic heterocycles. The van der Waals surface area contributed by atoms with Crippen molar-refractivity contribution in [3.63, 3.8) is 0 Å². The maximum absolute atomic E-state index is 14.1. The predicted molar refractivity (Wildman–Crippen MR) is 248 cm³/mol. The number of halogens is 6. The van der Waals surface area contributed by atoms with Gasteiger partial charge in [-0.15, -0.1) is 0 Å². The molecule has 2 aromatic heterocycles. The molecular weight excluding hydrogens is 857 g/mol. The molecule has 0 saturated heterocycles. The van der Waals surface area contributed by atoms with Crippen molar-refractivity contribution < 1.29 is 26.3 Å². The molecule has 10 rings (SSSR count). The lowest BCUT2D eigenvalue weighted by molar-refractivity contribution is -0.138. The second-order valence-corrected chi connectivity index (χ2v) is 15.9. The van der Waals surface area contributed by atoms with Gasteiger partial charge in [0, 0.05) is 38.6 Å². The minimum absolute atomic E-state index is 0.314.